The molecule has 0 heterocycles. The van der Waals surface area contributed by atoms with Gasteiger partial charge in [-0.25, -0.2) is 13.2 Å². The number of ether oxygens (including phenoxy) is 1. The number of aryl methyl sites for hydroxylation is 1. The van der Waals surface area contributed by atoms with Crippen LogP contribution < -0.4 is 4.72 Å². The summed E-state index contributed by atoms with van der Waals surface area (Å²) in [7, 11) is -2.86. The van der Waals surface area contributed by atoms with Gasteiger partial charge in [0.2, 0.25) is 10.0 Å². The van der Waals surface area contributed by atoms with Crippen LogP contribution in [0.3, 0.4) is 0 Å². The van der Waals surface area contributed by atoms with Crippen molar-refractivity contribution < 1.29 is 27.9 Å². The number of carboxylic acids is 1. The predicted octanol–water partition coefficient (Wildman–Crippen LogP) is 0.916. The maximum Gasteiger partial charge on any atom is 0.336 e. The molecule has 0 aromatic heterocycles. The first-order valence-corrected chi connectivity index (χ1v) is 7.23. The molecule has 0 saturated carbocycles. The smallest absolute Gasteiger partial charge is 0.336 e. The van der Waals surface area contributed by atoms with Crippen LogP contribution in [0.15, 0.2) is 12.1 Å². The second-order valence-electron chi connectivity index (χ2n) is 4.21. The molecule has 0 fully saturated rings. The van der Waals surface area contributed by atoms with Gasteiger partial charge in [-0.05, 0) is 37.1 Å². The molecule has 0 aliphatic rings. The molecule has 8 heteroatoms. The molecule has 0 aliphatic heterocycles. The molecular formula is C12H15NO6S. The zero-order valence-corrected chi connectivity index (χ0v) is 12.1. The normalized spacial score (nSPS) is 10.9. The first-order chi connectivity index (χ1) is 9.16. The van der Waals surface area contributed by atoms with E-state index in [9.17, 15) is 18.0 Å². The van der Waals surface area contributed by atoms with Gasteiger partial charge in [-0.3, -0.25) is 9.52 Å². The highest BCUT2D eigenvalue weighted by atomic mass is 32.2. The van der Waals surface area contributed by atoms with Gasteiger partial charge in [0.15, 0.2) is 5.75 Å². The van der Waals surface area contributed by atoms with Gasteiger partial charge in [0.25, 0.3) is 0 Å². The van der Waals surface area contributed by atoms with Crippen molar-refractivity contribution in [3.63, 3.8) is 0 Å². The number of aromatic carboxylic acids is 1. The molecule has 0 spiro atoms. The molecule has 2 N–H and O–H groups in total. The number of carboxylic acid groups (broad SMARTS) is 1. The number of esters is 1. The first kappa shape index (κ1) is 16.0. The third kappa shape index (κ3) is 3.95. The van der Waals surface area contributed by atoms with Crippen molar-refractivity contribution in [2.45, 2.75) is 13.8 Å². The van der Waals surface area contributed by atoms with E-state index in [0.717, 1.165) is 7.11 Å². The number of carbonyl (C=O) groups excluding carboxylic acids is 1. The average Bonchev–Trinajstić information content (AvgIpc) is 2.31. The van der Waals surface area contributed by atoms with Gasteiger partial charge in [0.05, 0.1) is 12.7 Å². The minimum Gasteiger partial charge on any atom is -0.478 e. The van der Waals surface area contributed by atoms with Gasteiger partial charge in [-0.1, -0.05) is 0 Å². The van der Waals surface area contributed by atoms with Crippen LogP contribution in [0.2, 0.25) is 0 Å². The molecule has 1 aromatic rings. The number of methoxy groups -OCH3 is 1. The highest BCUT2D eigenvalue weighted by Crippen LogP contribution is 2.21. The SMILES string of the molecule is COC(=O)CS(=O)(=O)Nc1cc(C)c(C)c(C(=O)O)c1. The highest BCUT2D eigenvalue weighted by Gasteiger charge is 2.18. The second-order valence-corrected chi connectivity index (χ2v) is 5.93. The summed E-state index contributed by atoms with van der Waals surface area (Å²) in [5.74, 6) is -2.89. The third-order valence-electron chi connectivity index (χ3n) is 2.71. The zero-order chi connectivity index (χ0) is 15.5. The van der Waals surface area contributed by atoms with Gasteiger partial charge in [0, 0.05) is 5.69 Å². The molecule has 0 radical (unpaired) electrons. The lowest BCUT2D eigenvalue weighted by atomic mass is 10.0. The average molecular weight is 301 g/mol. The van der Waals surface area contributed by atoms with Crippen LogP contribution in [0.25, 0.3) is 0 Å². The van der Waals surface area contributed by atoms with E-state index in [-0.39, 0.29) is 11.3 Å². The van der Waals surface area contributed by atoms with Gasteiger partial charge in [-0.2, -0.15) is 0 Å². The van der Waals surface area contributed by atoms with Crippen molar-refractivity contribution in [3.05, 3.63) is 28.8 Å². The van der Waals surface area contributed by atoms with E-state index >= 15 is 0 Å². The van der Waals surface area contributed by atoms with Crippen LogP contribution in [0.4, 0.5) is 5.69 Å². The molecular weight excluding hydrogens is 286 g/mol. The summed E-state index contributed by atoms with van der Waals surface area (Å²) < 4.78 is 29.8. The van der Waals surface area contributed by atoms with Gasteiger partial charge in [0.1, 0.15) is 0 Å². The number of carbonyl (C=O) groups is 2. The summed E-state index contributed by atoms with van der Waals surface area (Å²) in [6.45, 7) is 3.30. The number of sulfonamides is 1. The van der Waals surface area contributed by atoms with Crippen LogP contribution >= 0.6 is 0 Å². The van der Waals surface area contributed by atoms with Crippen molar-refractivity contribution >= 4 is 27.6 Å². The number of benzene rings is 1. The Balaban J connectivity index is 3.10. The minimum atomic E-state index is -3.94. The summed E-state index contributed by atoms with van der Waals surface area (Å²) in [6, 6.07) is 2.70. The summed E-state index contributed by atoms with van der Waals surface area (Å²) in [4.78, 5) is 22.0. The summed E-state index contributed by atoms with van der Waals surface area (Å²) >= 11 is 0. The lowest BCUT2D eigenvalue weighted by Crippen LogP contribution is -2.23. The van der Waals surface area contributed by atoms with Gasteiger partial charge < -0.3 is 9.84 Å². The molecule has 0 bridgehead atoms. The van der Waals surface area contributed by atoms with Crippen LogP contribution in [-0.4, -0.2) is 38.3 Å². The largest absolute Gasteiger partial charge is 0.478 e. The minimum absolute atomic E-state index is 0.000711. The number of nitrogens with one attached hydrogen (secondary N) is 1. The maximum atomic E-state index is 11.7. The van der Waals surface area contributed by atoms with E-state index in [1.165, 1.54) is 12.1 Å². The van der Waals surface area contributed by atoms with Crippen molar-refractivity contribution in [2.75, 3.05) is 17.6 Å². The van der Waals surface area contributed by atoms with E-state index in [2.05, 4.69) is 9.46 Å². The standard InChI is InChI=1S/C12H15NO6S/c1-7-4-9(5-10(8(7)2)12(15)16)13-20(17,18)6-11(14)19-3/h4-5,13H,6H2,1-3H3,(H,15,16). The molecule has 1 aromatic carbocycles. The van der Waals surface area contributed by atoms with Crippen LogP contribution in [0.1, 0.15) is 21.5 Å². The Bertz CT molecular complexity index is 650. The lowest BCUT2D eigenvalue weighted by Gasteiger charge is -2.11. The Hall–Kier alpha value is -2.09. The van der Waals surface area contributed by atoms with Crippen LogP contribution in [0.5, 0.6) is 0 Å². The Morgan fingerprint density at radius 2 is 1.90 bits per heavy atom. The fraction of sp³-hybridized carbons (Fsp3) is 0.333. The van der Waals surface area contributed by atoms with Crippen LogP contribution in [0, 0.1) is 13.8 Å². The summed E-state index contributed by atoms with van der Waals surface area (Å²) in [5, 5.41) is 9.05. The molecule has 0 atom stereocenters. The Labute approximate surface area is 116 Å². The number of anilines is 1. The summed E-state index contributed by atoms with van der Waals surface area (Å²) in [5.41, 5.74) is 1.27. The second kappa shape index (κ2) is 5.91. The molecule has 0 aliphatic carbocycles. The fourth-order valence-corrected chi connectivity index (χ4v) is 2.55. The van der Waals surface area contributed by atoms with Crippen molar-refractivity contribution in [1.29, 1.82) is 0 Å². The number of rotatable bonds is 5. The van der Waals surface area contributed by atoms with Crippen molar-refractivity contribution in [1.82, 2.24) is 0 Å². The van der Waals surface area contributed by atoms with E-state index in [1.807, 2.05) is 0 Å². The zero-order valence-electron chi connectivity index (χ0n) is 11.3. The molecule has 20 heavy (non-hydrogen) atoms. The monoisotopic (exact) mass is 301 g/mol. The van der Waals surface area contributed by atoms with Crippen LogP contribution in [-0.2, 0) is 19.6 Å². The first-order valence-electron chi connectivity index (χ1n) is 5.58. The fourth-order valence-electron chi connectivity index (χ4n) is 1.57. The van der Waals surface area contributed by atoms with E-state index in [1.54, 1.807) is 13.8 Å². The van der Waals surface area contributed by atoms with E-state index in [4.69, 9.17) is 5.11 Å². The molecule has 0 unspecified atom stereocenters. The lowest BCUT2D eigenvalue weighted by molar-refractivity contribution is -0.137. The Morgan fingerprint density at radius 3 is 2.40 bits per heavy atom. The Morgan fingerprint density at radius 1 is 1.30 bits per heavy atom. The highest BCUT2D eigenvalue weighted by molar-refractivity contribution is 7.93. The number of hydrogen-bond acceptors (Lipinski definition) is 5. The maximum absolute atomic E-state index is 11.7. The van der Waals surface area contributed by atoms with E-state index in [0.29, 0.717) is 11.1 Å². The topological polar surface area (TPSA) is 110 Å². The predicted molar refractivity (Wildman–Crippen MR) is 72.3 cm³/mol. The Kier molecular flexibility index (Phi) is 4.72. The third-order valence-corrected chi connectivity index (χ3v) is 3.87. The van der Waals surface area contributed by atoms with Gasteiger partial charge >= 0.3 is 11.9 Å². The van der Waals surface area contributed by atoms with Crippen molar-refractivity contribution in [2.24, 2.45) is 0 Å². The van der Waals surface area contributed by atoms with Gasteiger partial charge in [-0.15, -0.1) is 0 Å². The summed E-state index contributed by atoms with van der Waals surface area (Å²) in [6.07, 6.45) is 0. The molecule has 7 nitrogen and oxygen atoms in total. The molecule has 0 saturated heterocycles. The number of hydrogen-bond donors (Lipinski definition) is 2. The molecule has 1 rings (SSSR count). The molecule has 110 valence electrons. The van der Waals surface area contributed by atoms with Crippen molar-refractivity contribution in [3.8, 4) is 0 Å². The molecule has 0 amide bonds. The quantitative estimate of drug-likeness (QED) is 0.782. The van der Waals surface area contributed by atoms with E-state index < -0.39 is 27.7 Å².